The SMILES string of the molecule is COc1ccc(-c2ccc(=O)n(C(C)C(=O)Nc3cccc(C)c3C)n2)cc1. The average Bonchev–Trinajstić information content (AvgIpc) is 2.71. The van der Waals surface area contributed by atoms with Gasteiger partial charge >= 0.3 is 0 Å². The molecule has 3 rings (SSSR count). The summed E-state index contributed by atoms with van der Waals surface area (Å²) in [6, 6.07) is 15.4. The highest BCUT2D eigenvalue weighted by molar-refractivity contribution is 5.94. The first-order valence-electron chi connectivity index (χ1n) is 9.02. The monoisotopic (exact) mass is 377 g/mol. The summed E-state index contributed by atoms with van der Waals surface area (Å²) >= 11 is 0. The molecule has 1 amide bonds. The van der Waals surface area contributed by atoms with Crippen molar-refractivity contribution in [1.82, 2.24) is 9.78 Å². The topological polar surface area (TPSA) is 73.2 Å². The summed E-state index contributed by atoms with van der Waals surface area (Å²) in [5.41, 5.74) is 3.92. The van der Waals surface area contributed by atoms with Crippen molar-refractivity contribution < 1.29 is 9.53 Å². The van der Waals surface area contributed by atoms with Gasteiger partial charge in [-0.1, -0.05) is 12.1 Å². The Morgan fingerprint density at radius 2 is 1.79 bits per heavy atom. The second-order valence-electron chi connectivity index (χ2n) is 6.64. The molecule has 0 radical (unpaired) electrons. The van der Waals surface area contributed by atoms with E-state index >= 15 is 0 Å². The lowest BCUT2D eigenvalue weighted by molar-refractivity contribution is -0.119. The van der Waals surface area contributed by atoms with E-state index in [0.29, 0.717) is 5.69 Å². The molecule has 1 aromatic heterocycles. The zero-order chi connectivity index (χ0) is 20.3. The molecule has 0 saturated carbocycles. The van der Waals surface area contributed by atoms with Gasteiger partial charge in [-0.3, -0.25) is 9.59 Å². The molecule has 0 aliphatic rings. The molecule has 0 aliphatic heterocycles. The quantitative estimate of drug-likeness (QED) is 0.735. The van der Waals surface area contributed by atoms with Crippen LogP contribution in [0.5, 0.6) is 5.75 Å². The second-order valence-corrected chi connectivity index (χ2v) is 6.64. The lowest BCUT2D eigenvalue weighted by atomic mass is 10.1. The fourth-order valence-electron chi connectivity index (χ4n) is 2.85. The molecule has 3 aromatic rings. The van der Waals surface area contributed by atoms with E-state index in [-0.39, 0.29) is 11.5 Å². The normalized spacial score (nSPS) is 11.7. The summed E-state index contributed by atoms with van der Waals surface area (Å²) < 4.78 is 6.37. The highest BCUT2D eigenvalue weighted by Gasteiger charge is 2.19. The number of nitrogens with zero attached hydrogens (tertiary/aromatic N) is 2. The Labute approximate surface area is 163 Å². The summed E-state index contributed by atoms with van der Waals surface area (Å²) in [6.45, 7) is 5.59. The molecule has 1 atom stereocenters. The van der Waals surface area contributed by atoms with E-state index in [4.69, 9.17) is 4.74 Å². The molecule has 2 aromatic carbocycles. The molecule has 0 spiro atoms. The molecule has 28 heavy (non-hydrogen) atoms. The van der Waals surface area contributed by atoms with E-state index in [1.807, 2.05) is 56.3 Å². The summed E-state index contributed by atoms with van der Waals surface area (Å²) in [7, 11) is 1.60. The van der Waals surface area contributed by atoms with Crippen molar-refractivity contribution in [2.24, 2.45) is 0 Å². The fourth-order valence-corrected chi connectivity index (χ4v) is 2.85. The van der Waals surface area contributed by atoms with E-state index in [1.165, 1.54) is 10.7 Å². The van der Waals surface area contributed by atoms with Gasteiger partial charge in [-0.2, -0.15) is 5.10 Å². The van der Waals surface area contributed by atoms with Gasteiger partial charge in [-0.15, -0.1) is 0 Å². The Morgan fingerprint density at radius 3 is 2.46 bits per heavy atom. The Balaban J connectivity index is 1.88. The maximum Gasteiger partial charge on any atom is 0.267 e. The van der Waals surface area contributed by atoms with Crippen LogP contribution in [-0.4, -0.2) is 22.8 Å². The summed E-state index contributed by atoms with van der Waals surface area (Å²) in [6.07, 6.45) is 0. The molecule has 144 valence electrons. The molecule has 0 fully saturated rings. The molecule has 0 aliphatic carbocycles. The zero-order valence-electron chi connectivity index (χ0n) is 16.4. The highest BCUT2D eigenvalue weighted by Crippen LogP contribution is 2.21. The Morgan fingerprint density at radius 1 is 1.07 bits per heavy atom. The predicted molar refractivity (Wildman–Crippen MR) is 110 cm³/mol. The number of amides is 1. The number of ether oxygens (including phenoxy) is 1. The maximum atomic E-state index is 12.7. The third-order valence-electron chi connectivity index (χ3n) is 4.82. The second kappa shape index (κ2) is 8.08. The number of carbonyl (C=O) groups is 1. The van der Waals surface area contributed by atoms with Gasteiger partial charge < -0.3 is 10.1 Å². The maximum absolute atomic E-state index is 12.7. The van der Waals surface area contributed by atoms with Gasteiger partial charge in [0.2, 0.25) is 5.91 Å². The van der Waals surface area contributed by atoms with Crippen molar-refractivity contribution in [1.29, 1.82) is 0 Å². The first-order chi connectivity index (χ1) is 13.4. The van der Waals surface area contributed by atoms with Crippen LogP contribution in [-0.2, 0) is 4.79 Å². The smallest absolute Gasteiger partial charge is 0.267 e. The van der Waals surface area contributed by atoms with E-state index in [2.05, 4.69) is 10.4 Å². The molecule has 1 heterocycles. The number of benzene rings is 2. The standard InChI is InChI=1S/C22H23N3O3/c1-14-6-5-7-19(15(14)2)23-22(27)16(3)25-21(26)13-12-20(24-25)17-8-10-18(28-4)11-9-17/h5-13,16H,1-4H3,(H,23,27). The number of methoxy groups -OCH3 is 1. The number of anilines is 1. The van der Waals surface area contributed by atoms with Gasteiger partial charge in [0.05, 0.1) is 12.8 Å². The van der Waals surface area contributed by atoms with E-state index in [1.54, 1.807) is 20.1 Å². The first-order valence-corrected chi connectivity index (χ1v) is 9.02. The van der Waals surface area contributed by atoms with E-state index in [0.717, 1.165) is 28.1 Å². The molecule has 0 saturated heterocycles. The Bertz CT molecular complexity index is 1060. The van der Waals surface area contributed by atoms with Crippen molar-refractivity contribution in [3.8, 4) is 17.0 Å². The Hall–Kier alpha value is -3.41. The van der Waals surface area contributed by atoms with Crippen LogP contribution in [0.25, 0.3) is 11.3 Å². The van der Waals surface area contributed by atoms with E-state index in [9.17, 15) is 9.59 Å². The minimum Gasteiger partial charge on any atom is -0.497 e. The van der Waals surface area contributed by atoms with Crippen molar-refractivity contribution in [3.63, 3.8) is 0 Å². The van der Waals surface area contributed by atoms with Gasteiger partial charge in [0, 0.05) is 17.3 Å². The van der Waals surface area contributed by atoms with Gasteiger partial charge in [-0.05, 0) is 68.3 Å². The van der Waals surface area contributed by atoms with Gasteiger partial charge in [0.15, 0.2) is 0 Å². The van der Waals surface area contributed by atoms with Crippen LogP contribution >= 0.6 is 0 Å². The molecular formula is C22H23N3O3. The molecule has 1 N–H and O–H groups in total. The number of nitrogens with one attached hydrogen (secondary N) is 1. The van der Waals surface area contributed by atoms with Gasteiger partial charge in [0.1, 0.15) is 11.8 Å². The summed E-state index contributed by atoms with van der Waals surface area (Å²) in [4.78, 5) is 25.1. The zero-order valence-corrected chi connectivity index (χ0v) is 16.4. The number of carbonyl (C=O) groups excluding carboxylic acids is 1. The van der Waals surface area contributed by atoms with Crippen LogP contribution in [0.3, 0.4) is 0 Å². The molecule has 0 bridgehead atoms. The lowest BCUT2D eigenvalue weighted by Gasteiger charge is -2.16. The van der Waals surface area contributed by atoms with Crippen LogP contribution in [0.15, 0.2) is 59.4 Å². The predicted octanol–water partition coefficient (Wildman–Crippen LogP) is 3.74. The third kappa shape index (κ3) is 3.96. The van der Waals surface area contributed by atoms with Crippen molar-refractivity contribution in [3.05, 3.63) is 76.1 Å². The van der Waals surface area contributed by atoms with Crippen LogP contribution in [0.1, 0.15) is 24.1 Å². The lowest BCUT2D eigenvalue weighted by Crippen LogP contribution is -2.33. The highest BCUT2D eigenvalue weighted by atomic mass is 16.5. The van der Waals surface area contributed by atoms with Crippen molar-refractivity contribution in [2.75, 3.05) is 12.4 Å². The fraction of sp³-hybridized carbons (Fsp3) is 0.227. The van der Waals surface area contributed by atoms with Gasteiger partial charge in [0.25, 0.3) is 5.56 Å². The van der Waals surface area contributed by atoms with Crippen LogP contribution < -0.4 is 15.6 Å². The largest absolute Gasteiger partial charge is 0.497 e. The van der Waals surface area contributed by atoms with Crippen LogP contribution in [0, 0.1) is 13.8 Å². The molecule has 6 nitrogen and oxygen atoms in total. The Kier molecular flexibility index (Phi) is 5.59. The summed E-state index contributed by atoms with van der Waals surface area (Å²) in [5.74, 6) is 0.438. The van der Waals surface area contributed by atoms with Crippen molar-refractivity contribution in [2.45, 2.75) is 26.8 Å². The van der Waals surface area contributed by atoms with E-state index < -0.39 is 6.04 Å². The minimum absolute atomic E-state index is 0.296. The minimum atomic E-state index is -0.759. The third-order valence-corrected chi connectivity index (χ3v) is 4.82. The number of rotatable bonds is 5. The molecule has 1 unspecified atom stereocenters. The number of hydrogen-bond donors (Lipinski definition) is 1. The first kappa shape index (κ1) is 19.4. The number of hydrogen-bond acceptors (Lipinski definition) is 4. The number of aryl methyl sites for hydroxylation is 1. The number of aromatic nitrogens is 2. The summed E-state index contributed by atoms with van der Waals surface area (Å²) in [5, 5.41) is 7.30. The van der Waals surface area contributed by atoms with Crippen molar-refractivity contribution >= 4 is 11.6 Å². The van der Waals surface area contributed by atoms with Gasteiger partial charge in [-0.25, -0.2) is 4.68 Å². The van der Waals surface area contributed by atoms with Crippen LogP contribution in [0.2, 0.25) is 0 Å². The van der Waals surface area contributed by atoms with Crippen LogP contribution in [0.4, 0.5) is 5.69 Å². The average molecular weight is 377 g/mol. The molecule has 6 heteroatoms. The molecular weight excluding hydrogens is 354 g/mol.